The Balaban J connectivity index is 1.83. The number of ether oxygens (including phenoxy) is 3. The maximum Gasteiger partial charge on any atom is 0.235 e. The Hall–Kier alpha value is -2.53. The van der Waals surface area contributed by atoms with Gasteiger partial charge in [-0.25, -0.2) is 0 Å². The van der Waals surface area contributed by atoms with Crippen LogP contribution in [0.3, 0.4) is 0 Å². The number of amides is 1. The van der Waals surface area contributed by atoms with Crippen LogP contribution in [0.5, 0.6) is 11.5 Å². The van der Waals surface area contributed by atoms with E-state index in [0.29, 0.717) is 32.7 Å². The summed E-state index contributed by atoms with van der Waals surface area (Å²) in [6.45, 7) is 5.91. The monoisotopic (exact) mass is 383 g/mol. The van der Waals surface area contributed by atoms with Crippen LogP contribution >= 0.6 is 0 Å². The summed E-state index contributed by atoms with van der Waals surface area (Å²) in [5.41, 5.74) is 2.19. The van der Waals surface area contributed by atoms with E-state index in [2.05, 4.69) is 12.2 Å². The molecule has 0 aliphatic carbocycles. The molecule has 0 radical (unpaired) electrons. The first kappa shape index (κ1) is 20.2. The predicted octanol–water partition coefficient (Wildman–Crippen LogP) is 4.48. The van der Waals surface area contributed by atoms with Crippen molar-refractivity contribution in [3.63, 3.8) is 0 Å². The molecule has 0 unspecified atom stereocenters. The fourth-order valence-corrected chi connectivity index (χ4v) is 3.63. The highest BCUT2D eigenvalue weighted by molar-refractivity contribution is 5.99. The minimum atomic E-state index is -0.601. The van der Waals surface area contributed by atoms with Crippen molar-refractivity contribution in [1.82, 2.24) is 0 Å². The Labute approximate surface area is 167 Å². The van der Waals surface area contributed by atoms with Crippen molar-refractivity contribution < 1.29 is 19.0 Å². The van der Waals surface area contributed by atoms with Crippen LogP contribution in [0.2, 0.25) is 0 Å². The Morgan fingerprint density at radius 1 is 1.14 bits per heavy atom. The third-order valence-electron chi connectivity index (χ3n) is 5.32. The third kappa shape index (κ3) is 4.30. The largest absolute Gasteiger partial charge is 0.497 e. The molecule has 0 spiro atoms. The molecule has 5 heteroatoms. The van der Waals surface area contributed by atoms with Gasteiger partial charge in [0.1, 0.15) is 11.5 Å². The highest BCUT2D eigenvalue weighted by Gasteiger charge is 2.41. The van der Waals surface area contributed by atoms with Gasteiger partial charge in [0.15, 0.2) is 0 Å². The van der Waals surface area contributed by atoms with Crippen molar-refractivity contribution >= 4 is 11.6 Å². The van der Waals surface area contributed by atoms with Crippen LogP contribution in [-0.4, -0.2) is 32.8 Å². The van der Waals surface area contributed by atoms with Crippen molar-refractivity contribution in [1.29, 1.82) is 0 Å². The fraction of sp³-hybridized carbons (Fsp3) is 0.435. The van der Waals surface area contributed by atoms with Gasteiger partial charge in [0.05, 0.1) is 19.1 Å². The third-order valence-corrected chi connectivity index (χ3v) is 5.32. The number of carbonyl (C=O) groups is 1. The average Bonchev–Trinajstić information content (AvgIpc) is 2.73. The summed E-state index contributed by atoms with van der Waals surface area (Å²) in [4.78, 5) is 13.4. The van der Waals surface area contributed by atoms with Crippen molar-refractivity contribution in [3.8, 4) is 11.5 Å². The lowest BCUT2D eigenvalue weighted by molar-refractivity contribution is -0.125. The van der Waals surface area contributed by atoms with E-state index in [4.69, 9.17) is 14.2 Å². The van der Waals surface area contributed by atoms with Gasteiger partial charge >= 0.3 is 0 Å². The molecule has 1 aliphatic heterocycles. The summed E-state index contributed by atoms with van der Waals surface area (Å²) in [6, 6.07) is 13.6. The molecule has 28 heavy (non-hydrogen) atoms. The van der Waals surface area contributed by atoms with E-state index in [-0.39, 0.29) is 5.91 Å². The second-order valence-electron chi connectivity index (χ2n) is 7.21. The lowest BCUT2D eigenvalue weighted by atomic mass is 9.73. The van der Waals surface area contributed by atoms with Crippen LogP contribution in [0, 0.1) is 6.92 Å². The summed E-state index contributed by atoms with van der Waals surface area (Å²) in [7, 11) is 1.64. The van der Waals surface area contributed by atoms with Crippen molar-refractivity contribution in [2.24, 2.45) is 0 Å². The first-order valence-electron chi connectivity index (χ1n) is 9.86. The van der Waals surface area contributed by atoms with Crippen LogP contribution in [0.4, 0.5) is 5.69 Å². The number of nitrogens with one attached hydrogen (secondary N) is 1. The minimum absolute atomic E-state index is 0.00240. The lowest BCUT2D eigenvalue weighted by Gasteiger charge is -2.36. The van der Waals surface area contributed by atoms with E-state index in [1.807, 2.05) is 49.4 Å². The normalized spacial score (nSPS) is 15.7. The molecule has 2 aromatic rings. The number of rotatable bonds is 7. The average molecular weight is 383 g/mol. The lowest BCUT2D eigenvalue weighted by Crippen LogP contribution is -2.44. The molecule has 1 N–H and O–H groups in total. The Morgan fingerprint density at radius 3 is 2.46 bits per heavy atom. The summed E-state index contributed by atoms with van der Waals surface area (Å²) >= 11 is 0. The fourth-order valence-electron chi connectivity index (χ4n) is 3.63. The van der Waals surface area contributed by atoms with Gasteiger partial charge in [-0.1, -0.05) is 19.1 Å². The van der Waals surface area contributed by atoms with Gasteiger partial charge < -0.3 is 19.5 Å². The summed E-state index contributed by atoms with van der Waals surface area (Å²) < 4.78 is 16.5. The van der Waals surface area contributed by atoms with E-state index in [1.54, 1.807) is 7.11 Å². The van der Waals surface area contributed by atoms with E-state index >= 15 is 0 Å². The van der Waals surface area contributed by atoms with Gasteiger partial charge in [0.25, 0.3) is 0 Å². The zero-order chi connectivity index (χ0) is 20.0. The van der Waals surface area contributed by atoms with Gasteiger partial charge in [-0.2, -0.15) is 0 Å². The quantitative estimate of drug-likeness (QED) is 0.766. The van der Waals surface area contributed by atoms with Crippen molar-refractivity contribution in [2.75, 3.05) is 32.2 Å². The maximum atomic E-state index is 13.4. The molecule has 5 nitrogen and oxygen atoms in total. The second kappa shape index (κ2) is 9.11. The Morgan fingerprint density at radius 2 is 1.86 bits per heavy atom. The first-order valence-corrected chi connectivity index (χ1v) is 9.86. The standard InChI is InChI=1S/C23H29NO4/c1-4-13-28-21-10-7-19(16-17(21)2)24-22(25)23(11-14-27-15-12-23)18-5-8-20(26-3)9-6-18/h5-10,16H,4,11-15H2,1-3H3,(H,24,25). The molecule has 0 aromatic heterocycles. The second-order valence-corrected chi connectivity index (χ2v) is 7.21. The van der Waals surface area contributed by atoms with Gasteiger partial charge in [-0.05, 0) is 67.6 Å². The Kier molecular flexibility index (Phi) is 6.57. The van der Waals surface area contributed by atoms with Crippen LogP contribution in [0.25, 0.3) is 0 Å². The predicted molar refractivity (Wildman–Crippen MR) is 110 cm³/mol. The van der Waals surface area contributed by atoms with Crippen molar-refractivity contribution in [2.45, 2.75) is 38.5 Å². The molecule has 3 rings (SSSR count). The van der Waals surface area contributed by atoms with Crippen LogP contribution in [0.1, 0.15) is 37.3 Å². The molecular formula is C23H29NO4. The van der Waals surface area contributed by atoms with Gasteiger partial charge in [-0.15, -0.1) is 0 Å². The maximum absolute atomic E-state index is 13.4. The number of hydrogen-bond donors (Lipinski definition) is 1. The van der Waals surface area contributed by atoms with E-state index in [1.165, 1.54) is 0 Å². The first-order chi connectivity index (χ1) is 13.6. The number of methoxy groups -OCH3 is 1. The smallest absolute Gasteiger partial charge is 0.235 e. The highest BCUT2D eigenvalue weighted by atomic mass is 16.5. The molecule has 0 bridgehead atoms. The Bertz CT molecular complexity index is 795. The molecule has 0 saturated carbocycles. The SMILES string of the molecule is CCCOc1ccc(NC(=O)C2(c3ccc(OC)cc3)CCOCC2)cc1C. The van der Waals surface area contributed by atoms with E-state index < -0.39 is 5.41 Å². The molecule has 0 atom stereocenters. The highest BCUT2D eigenvalue weighted by Crippen LogP contribution is 2.37. The van der Waals surface area contributed by atoms with Gasteiger partial charge in [0.2, 0.25) is 5.91 Å². The number of carbonyl (C=O) groups excluding carboxylic acids is 1. The summed E-state index contributed by atoms with van der Waals surface area (Å²) in [6.07, 6.45) is 2.27. The topological polar surface area (TPSA) is 56.8 Å². The number of hydrogen-bond acceptors (Lipinski definition) is 4. The molecule has 1 aliphatic rings. The van der Waals surface area contributed by atoms with Crippen molar-refractivity contribution in [3.05, 3.63) is 53.6 Å². The van der Waals surface area contributed by atoms with E-state index in [0.717, 1.165) is 34.7 Å². The molecule has 1 heterocycles. The number of anilines is 1. The summed E-state index contributed by atoms with van der Waals surface area (Å²) in [5, 5.41) is 3.12. The van der Waals surface area contributed by atoms with Gasteiger partial charge in [0, 0.05) is 18.9 Å². The molecule has 1 fully saturated rings. The zero-order valence-corrected chi connectivity index (χ0v) is 16.9. The van der Waals surface area contributed by atoms with Crippen LogP contribution in [0.15, 0.2) is 42.5 Å². The van der Waals surface area contributed by atoms with Gasteiger partial charge in [-0.3, -0.25) is 4.79 Å². The molecule has 150 valence electrons. The minimum Gasteiger partial charge on any atom is -0.497 e. The molecule has 1 saturated heterocycles. The zero-order valence-electron chi connectivity index (χ0n) is 16.9. The van der Waals surface area contributed by atoms with Crippen LogP contribution < -0.4 is 14.8 Å². The molecule has 1 amide bonds. The molecule has 2 aromatic carbocycles. The number of benzene rings is 2. The molecular weight excluding hydrogens is 354 g/mol. The van der Waals surface area contributed by atoms with E-state index in [9.17, 15) is 4.79 Å². The number of aryl methyl sites for hydroxylation is 1. The summed E-state index contributed by atoms with van der Waals surface area (Å²) in [5.74, 6) is 1.64. The van der Waals surface area contributed by atoms with Crippen LogP contribution in [-0.2, 0) is 14.9 Å².